The summed E-state index contributed by atoms with van der Waals surface area (Å²) in [6, 6.07) is 7.65. The predicted molar refractivity (Wildman–Crippen MR) is 88.2 cm³/mol. The van der Waals surface area contributed by atoms with Crippen LogP contribution in [0.15, 0.2) is 40.0 Å². The first-order chi connectivity index (χ1) is 10.4. The molecule has 1 amide bonds. The van der Waals surface area contributed by atoms with E-state index in [1.54, 1.807) is 6.92 Å². The molecule has 2 rings (SSSR count). The maximum absolute atomic E-state index is 12.5. The summed E-state index contributed by atoms with van der Waals surface area (Å²) in [7, 11) is 0. The van der Waals surface area contributed by atoms with Crippen molar-refractivity contribution in [1.29, 1.82) is 0 Å². The molecule has 0 fully saturated rings. The van der Waals surface area contributed by atoms with Gasteiger partial charge in [-0.05, 0) is 31.9 Å². The van der Waals surface area contributed by atoms with E-state index in [0.29, 0.717) is 11.3 Å². The summed E-state index contributed by atoms with van der Waals surface area (Å²) in [4.78, 5) is 24.4. The maximum Gasteiger partial charge on any atom is 0.336 e. The fourth-order valence-corrected chi connectivity index (χ4v) is 3.09. The van der Waals surface area contributed by atoms with Crippen LogP contribution in [0.1, 0.15) is 45.1 Å². The van der Waals surface area contributed by atoms with Crippen molar-refractivity contribution in [2.24, 2.45) is 0 Å². The number of halogens is 1. The zero-order valence-corrected chi connectivity index (χ0v) is 14.6. The second-order valence-corrected chi connectivity index (χ2v) is 6.34. The van der Waals surface area contributed by atoms with E-state index in [2.05, 4.69) is 21.2 Å². The van der Waals surface area contributed by atoms with Gasteiger partial charge < -0.3 is 10.1 Å². The van der Waals surface area contributed by atoms with Crippen LogP contribution in [0, 0.1) is 0 Å². The lowest BCUT2D eigenvalue weighted by molar-refractivity contribution is -0.144. The van der Waals surface area contributed by atoms with Gasteiger partial charge in [0.1, 0.15) is 0 Å². The molecule has 0 bridgehead atoms. The lowest BCUT2D eigenvalue weighted by atomic mass is 9.84. The largest absolute Gasteiger partial charge is 0.459 e. The summed E-state index contributed by atoms with van der Waals surface area (Å²) in [5.41, 5.74) is 2.03. The number of carbonyl (C=O) groups is 2. The molecule has 1 N–H and O–H groups in total. The predicted octanol–water partition coefficient (Wildman–Crippen LogP) is 3.67. The topological polar surface area (TPSA) is 55.4 Å². The Kier molecular flexibility index (Phi) is 5.40. The van der Waals surface area contributed by atoms with Crippen LogP contribution in [0.3, 0.4) is 0 Å². The minimum atomic E-state index is -0.354. The van der Waals surface area contributed by atoms with E-state index in [4.69, 9.17) is 4.74 Å². The standard InChI is InChI=1S/C17H20BrNO3/c1-4-10(2)22-17(21)16-11(3)19-15(20)9-13(16)12-7-5-6-8-14(12)18/h5-8,10,13H,4,9H2,1-3H3,(H,19,20)/t10-,13-/m0/s1. The monoisotopic (exact) mass is 365 g/mol. The van der Waals surface area contributed by atoms with Gasteiger partial charge in [-0.2, -0.15) is 0 Å². The third-order valence-electron chi connectivity index (χ3n) is 3.85. The summed E-state index contributed by atoms with van der Waals surface area (Å²) < 4.78 is 6.36. The number of nitrogens with one attached hydrogen (secondary N) is 1. The molecule has 4 nitrogen and oxygen atoms in total. The average Bonchev–Trinajstić information content (AvgIpc) is 2.46. The van der Waals surface area contributed by atoms with E-state index >= 15 is 0 Å². The van der Waals surface area contributed by atoms with Crippen molar-refractivity contribution in [2.75, 3.05) is 0 Å². The Balaban J connectivity index is 2.41. The summed E-state index contributed by atoms with van der Waals surface area (Å²) in [6.45, 7) is 5.57. The van der Waals surface area contributed by atoms with Gasteiger partial charge in [0.05, 0.1) is 11.7 Å². The molecule has 0 aliphatic carbocycles. The minimum Gasteiger partial charge on any atom is -0.459 e. The third-order valence-corrected chi connectivity index (χ3v) is 4.57. The number of benzene rings is 1. The molecule has 1 aliphatic heterocycles. The zero-order valence-electron chi connectivity index (χ0n) is 13.0. The van der Waals surface area contributed by atoms with E-state index in [-0.39, 0.29) is 30.3 Å². The molecule has 2 atom stereocenters. The highest BCUT2D eigenvalue weighted by Crippen LogP contribution is 2.37. The summed E-state index contributed by atoms with van der Waals surface area (Å²) in [6.07, 6.45) is 0.847. The van der Waals surface area contributed by atoms with Gasteiger partial charge in [-0.25, -0.2) is 4.79 Å². The van der Waals surface area contributed by atoms with Crippen molar-refractivity contribution in [3.63, 3.8) is 0 Å². The highest BCUT2D eigenvalue weighted by molar-refractivity contribution is 9.10. The molecular weight excluding hydrogens is 346 g/mol. The minimum absolute atomic E-state index is 0.0849. The molecule has 0 saturated heterocycles. The van der Waals surface area contributed by atoms with Gasteiger partial charge in [-0.15, -0.1) is 0 Å². The highest BCUT2D eigenvalue weighted by Gasteiger charge is 2.34. The summed E-state index contributed by atoms with van der Waals surface area (Å²) >= 11 is 3.51. The van der Waals surface area contributed by atoms with Gasteiger partial charge in [-0.3, -0.25) is 4.79 Å². The van der Waals surface area contributed by atoms with Crippen molar-refractivity contribution in [2.45, 2.75) is 45.6 Å². The van der Waals surface area contributed by atoms with Crippen molar-refractivity contribution >= 4 is 27.8 Å². The van der Waals surface area contributed by atoms with E-state index in [9.17, 15) is 9.59 Å². The van der Waals surface area contributed by atoms with Crippen molar-refractivity contribution in [3.05, 3.63) is 45.6 Å². The van der Waals surface area contributed by atoms with Gasteiger partial charge in [-0.1, -0.05) is 41.1 Å². The molecule has 1 aromatic carbocycles. The van der Waals surface area contributed by atoms with Crippen LogP contribution in [0.5, 0.6) is 0 Å². The van der Waals surface area contributed by atoms with Crippen molar-refractivity contribution in [1.82, 2.24) is 5.32 Å². The fraction of sp³-hybridized carbons (Fsp3) is 0.412. The number of ether oxygens (including phenoxy) is 1. The van der Waals surface area contributed by atoms with Gasteiger partial charge in [0, 0.05) is 22.5 Å². The van der Waals surface area contributed by atoms with Gasteiger partial charge >= 0.3 is 5.97 Å². The van der Waals surface area contributed by atoms with Gasteiger partial charge in [0.2, 0.25) is 5.91 Å². The molecular formula is C17H20BrNO3. The van der Waals surface area contributed by atoms with Crippen molar-refractivity contribution in [3.8, 4) is 0 Å². The average molecular weight is 366 g/mol. The first-order valence-electron chi connectivity index (χ1n) is 7.40. The number of hydrogen-bond acceptors (Lipinski definition) is 3. The quantitative estimate of drug-likeness (QED) is 0.828. The normalized spacial score (nSPS) is 19.6. The maximum atomic E-state index is 12.5. The zero-order chi connectivity index (χ0) is 16.3. The Labute approximate surface area is 139 Å². The van der Waals surface area contributed by atoms with Crippen molar-refractivity contribution < 1.29 is 14.3 Å². The Morgan fingerprint density at radius 2 is 2.14 bits per heavy atom. The number of amides is 1. The summed E-state index contributed by atoms with van der Waals surface area (Å²) in [5.74, 6) is -0.730. The van der Waals surface area contributed by atoms with E-state index < -0.39 is 0 Å². The lowest BCUT2D eigenvalue weighted by Crippen LogP contribution is -2.35. The number of rotatable bonds is 4. The van der Waals surface area contributed by atoms with Crippen LogP contribution in [-0.2, 0) is 14.3 Å². The van der Waals surface area contributed by atoms with Crippen LogP contribution in [-0.4, -0.2) is 18.0 Å². The molecule has 1 aliphatic rings. The highest BCUT2D eigenvalue weighted by atomic mass is 79.9. The SMILES string of the molecule is CC[C@H](C)OC(=O)C1=C(C)NC(=O)C[C@H]1c1ccccc1Br. The second-order valence-electron chi connectivity index (χ2n) is 5.49. The van der Waals surface area contributed by atoms with Crippen LogP contribution >= 0.6 is 15.9 Å². The first kappa shape index (κ1) is 16.7. The first-order valence-corrected chi connectivity index (χ1v) is 8.19. The Bertz CT molecular complexity index is 624. The lowest BCUT2D eigenvalue weighted by Gasteiger charge is -2.28. The molecule has 0 spiro atoms. The Morgan fingerprint density at radius 3 is 2.77 bits per heavy atom. The van der Waals surface area contributed by atoms with E-state index in [0.717, 1.165) is 16.5 Å². The number of allylic oxidation sites excluding steroid dienone is 1. The van der Waals surface area contributed by atoms with E-state index in [1.165, 1.54) is 0 Å². The van der Waals surface area contributed by atoms with Crippen LogP contribution in [0.2, 0.25) is 0 Å². The molecule has 0 radical (unpaired) electrons. The molecule has 1 aromatic rings. The fourth-order valence-electron chi connectivity index (χ4n) is 2.52. The number of hydrogen-bond donors (Lipinski definition) is 1. The van der Waals surface area contributed by atoms with Crippen LogP contribution in [0.25, 0.3) is 0 Å². The van der Waals surface area contributed by atoms with Crippen LogP contribution in [0.4, 0.5) is 0 Å². The molecule has 5 heteroatoms. The Morgan fingerprint density at radius 1 is 1.45 bits per heavy atom. The molecule has 0 saturated carbocycles. The number of esters is 1. The Hall–Kier alpha value is -1.62. The van der Waals surface area contributed by atoms with Crippen LogP contribution < -0.4 is 5.32 Å². The molecule has 1 heterocycles. The van der Waals surface area contributed by atoms with Gasteiger partial charge in [0.15, 0.2) is 0 Å². The van der Waals surface area contributed by atoms with Gasteiger partial charge in [0.25, 0.3) is 0 Å². The molecule has 22 heavy (non-hydrogen) atoms. The third kappa shape index (κ3) is 3.58. The van der Waals surface area contributed by atoms with E-state index in [1.807, 2.05) is 38.1 Å². The summed E-state index contributed by atoms with van der Waals surface area (Å²) in [5, 5.41) is 2.75. The molecule has 0 aromatic heterocycles. The second kappa shape index (κ2) is 7.09. The molecule has 0 unspecified atom stereocenters. The molecule has 118 valence electrons. The smallest absolute Gasteiger partial charge is 0.336 e. The number of carbonyl (C=O) groups excluding carboxylic acids is 2.